The number of aliphatic imine (C=N–C) groups is 1. The van der Waals surface area contributed by atoms with E-state index in [1.807, 2.05) is 12.3 Å². The van der Waals surface area contributed by atoms with Crippen molar-refractivity contribution in [3.8, 4) is 11.3 Å². The van der Waals surface area contributed by atoms with Gasteiger partial charge in [0.25, 0.3) is 0 Å². The number of fused-ring (bicyclic) bond motifs is 1. The van der Waals surface area contributed by atoms with Gasteiger partial charge >= 0.3 is 0 Å². The van der Waals surface area contributed by atoms with Gasteiger partial charge in [-0.3, -0.25) is 0 Å². The van der Waals surface area contributed by atoms with Crippen LogP contribution < -0.4 is 11.1 Å². The number of morpholine rings is 1. The summed E-state index contributed by atoms with van der Waals surface area (Å²) in [5, 5.41) is 3.41. The summed E-state index contributed by atoms with van der Waals surface area (Å²) < 4.78 is 8.13. The number of nitrogens with two attached hydrogens (primary N) is 1. The van der Waals surface area contributed by atoms with E-state index in [2.05, 4.69) is 51.9 Å². The molecular formula is C22H26N6O. The zero-order valence-electron chi connectivity index (χ0n) is 16.8. The summed E-state index contributed by atoms with van der Waals surface area (Å²) in [5.74, 6) is 0.644. The summed E-state index contributed by atoms with van der Waals surface area (Å²) in [6.07, 6.45) is 9.61. The Labute approximate surface area is 170 Å². The van der Waals surface area contributed by atoms with Gasteiger partial charge in [0, 0.05) is 43.7 Å². The summed E-state index contributed by atoms with van der Waals surface area (Å²) in [7, 11) is 0. The van der Waals surface area contributed by atoms with Crippen molar-refractivity contribution in [3.63, 3.8) is 0 Å². The van der Waals surface area contributed by atoms with Gasteiger partial charge in [-0.2, -0.15) is 0 Å². The first-order chi connectivity index (χ1) is 14.2. The standard InChI is InChI=1S/C22H26N6O/c1-15-4-8-28-19(12-17-13-24-7-9-29-17)22(27-21(28)10-15)18-14-26-20(11-16(18)2)25-6-3-5-23/h3-6,8,10-11,14,17,24H,7,9,12-13,23H2,1-2H3. The van der Waals surface area contributed by atoms with Crippen molar-refractivity contribution < 1.29 is 4.74 Å². The van der Waals surface area contributed by atoms with E-state index in [0.29, 0.717) is 5.82 Å². The van der Waals surface area contributed by atoms with E-state index in [4.69, 9.17) is 15.5 Å². The number of pyridine rings is 2. The minimum atomic E-state index is 0.129. The first-order valence-electron chi connectivity index (χ1n) is 9.83. The highest BCUT2D eigenvalue weighted by molar-refractivity contribution is 5.75. The second kappa shape index (κ2) is 8.55. The number of nitrogens with zero attached hydrogens (tertiary/aromatic N) is 4. The Morgan fingerprint density at radius 3 is 3.03 bits per heavy atom. The highest BCUT2D eigenvalue weighted by Gasteiger charge is 2.22. The van der Waals surface area contributed by atoms with Gasteiger partial charge in [0.2, 0.25) is 0 Å². The smallest absolute Gasteiger partial charge is 0.152 e. The van der Waals surface area contributed by atoms with Crippen LogP contribution in [-0.2, 0) is 11.2 Å². The number of nitrogens with one attached hydrogen (secondary N) is 1. The van der Waals surface area contributed by atoms with Crippen LogP contribution >= 0.6 is 0 Å². The second-order valence-corrected chi connectivity index (χ2v) is 7.26. The molecule has 1 atom stereocenters. The molecule has 7 nitrogen and oxygen atoms in total. The molecule has 3 aromatic rings. The maximum atomic E-state index is 5.96. The van der Waals surface area contributed by atoms with Crippen LogP contribution in [0, 0.1) is 13.8 Å². The van der Waals surface area contributed by atoms with Gasteiger partial charge < -0.3 is 20.2 Å². The Bertz CT molecular complexity index is 1060. The van der Waals surface area contributed by atoms with Gasteiger partial charge in [-0.15, -0.1) is 0 Å². The molecule has 0 radical (unpaired) electrons. The molecule has 1 fully saturated rings. The number of hydrogen-bond acceptors (Lipinski definition) is 6. The summed E-state index contributed by atoms with van der Waals surface area (Å²) in [6.45, 7) is 6.63. The van der Waals surface area contributed by atoms with Gasteiger partial charge in [-0.25, -0.2) is 15.0 Å². The fourth-order valence-electron chi connectivity index (χ4n) is 3.60. The molecule has 150 valence electrons. The first kappa shape index (κ1) is 19.3. The van der Waals surface area contributed by atoms with E-state index in [0.717, 1.165) is 54.3 Å². The molecule has 0 amide bonds. The van der Waals surface area contributed by atoms with E-state index in [1.54, 1.807) is 12.3 Å². The number of aryl methyl sites for hydroxylation is 2. The van der Waals surface area contributed by atoms with Gasteiger partial charge in [0.05, 0.1) is 24.1 Å². The Morgan fingerprint density at radius 2 is 2.28 bits per heavy atom. The molecule has 1 saturated heterocycles. The summed E-state index contributed by atoms with van der Waals surface area (Å²) >= 11 is 0. The predicted octanol–water partition coefficient (Wildman–Crippen LogP) is 2.72. The minimum Gasteiger partial charge on any atom is -0.405 e. The molecule has 3 N–H and O–H groups in total. The Morgan fingerprint density at radius 1 is 1.38 bits per heavy atom. The van der Waals surface area contributed by atoms with E-state index in [-0.39, 0.29) is 6.10 Å². The van der Waals surface area contributed by atoms with Crippen LogP contribution in [0.1, 0.15) is 16.8 Å². The fourth-order valence-corrected chi connectivity index (χ4v) is 3.60. The number of ether oxygens (including phenoxy) is 1. The molecule has 0 spiro atoms. The lowest BCUT2D eigenvalue weighted by Gasteiger charge is -2.24. The van der Waals surface area contributed by atoms with Crippen LogP contribution in [0.15, 0.2) is 47.9 Å². The average Bonchev–Trinajstić information content (AvgIpc) is 3.06. The summed E-state index contributed by atoms with van der Waals surface area (Å²) in [5.41, 5.74) is 11.6. The van der Waals surface area contributed by atoms with E-state index in [9.17, 15) is 0 Å². The van der Waals surface area contributed by atoms with Gasteiger partial charge in [-0.1, -0.05) is 0 Å². The molecule has 3 aromatic heterocycles. The number of aromatic nitrogens is 3. The third kappa shape index (κ3) is 4.21. The molecule has 1 aliphatic rings. The molecule has 7 heteroatoms. The van der Waals surface area contributed by atoms with Crippen molar-refractivity contribution >= 4 is 17.7 Å². The van der Waals surface area contributed by atoms with Crippen LogP contribution in [0.4, 0.5) is 5.82 Å². The van der Waals surface area contributed by atoms with Crippen molar-refractivity contribution in [1.82, 2.24) is 19.7 Å². The van der Waals surface area contributed by atoms with Gasteiger partial charge in [0.1, 0.15) is 5.65 Å². The largest absolute Gasteiger partial charge is 0.405 e. The highest BCUT2D eigenvalue weighted by atomic mass is 16.5. The molecule has 0 bridgehead atoms. The Kier molecular flexibility index (Phi) is 5.69. The number of rotatable bonds is 5. The van der Waals surface area contributed by atoms with Crippen LogP contribution in [-0.4, -0.2) is 46.4 Å². The van der Waals surface area contributed by atoms with E-state index < -0.39 is 0 Å². The summed E-state index contributed by atoms with van der Waals surface area (Å²) in [6, 6.07) is 6.18. The number of allylic oxidation sites excluding steroid dienone is 1. The van der Waals surface area contributed by atoms with Crippen LogP contribution in [0.5, 0.6) is 0 Å². The monoisotopic (exact) mass is 390 g/mol. The highest BCUT2D eigenvalue weighted by Crippen LogP contribution is 2.30. The first-order valence-corrected chi connectivity index (χ1v) is 9.83. The van der Waals surface area contributed by atoms with Crippen LogP contribution in [0.2, 0.25) is 0 Å². The van der Waals surface area contributed by atoms with Gasteiger partial charge in [-0.05, 0) is 55.4 Å². The lowest BCUT2D eigenvalue weighted by atomic mass is 10.0. The van der Waals surface area contributed by atoms with Gasteiger partial charge in [0.15, 0.2) is 5.82 Å². The molecular weight excluding hydrogens is 364 g/mol. The Balaban J connectivity index is 1.76. The van der Waals surface area contributed by atoms with Crippen molar-refractivity contribution in [1.29, 1.82) is 0 Å². The predicted molar refractivity (Wildman–Crippen MR) is 116 cm³/mol. The normalized spacial score (nSPS) is 17.7. The zero-order chi connectivity index (χ0) is 20.2. The molecule has 4 heterocycles. The topological polar surface area (TPSA) is 89.8 Å². The Hall–Kier alpha value is -3.03. The lowest BCUT2D eigenvalue weighted by Crippen LogP contribution is -2.39. The molecule has 29 heavy (non-hydrogen) atoms. The maximum absolute atomic E-state index is 5.96. The average molecular weight is 390 g/mol. The molecule has 1 aliphatic heterocycles. The lowest BCUT2D eigenvalue weighted by molar-refractivity contribution is 0.0286. The molecule has 0 aliphatic carbocycles. The van der Waals surface area contributed by atoms with Crippen molar-refractivity contribution in [2.24, 2.45) is 10.7 Å². The zero-order valence-corrected chi connectivity index (χ0v) is 16.8. The van der Waals surface area contributed by atoms with Crippen molar-refractivity contribution in [2.75, 3.05) is 19.7 Å². The van der Waals surface area contributed by atoms with Crippen molar-refractivity contribution in [3.05, 3.63) is 59.7 Å². The third-order valence-corrected chi connectivity index (χ3v) is 5.06. The molecule has 1 unspecified atom stereocenters. The minimum absolute atomic E-state index is 0.129. The van der Waals surface area contributed by atoms with Crippen LogP contribution in [0.3, 0.4) is 0 Å². The van der Waals surface area contributed by atoms with E-state index in [1.165, 1.54) is 11.8 Å². The van der Waals surface area contributed by atoms with Crippen molar-refractivity contribution in [2.45, 2.75) is 26.4 Å². The van der Waals surface area contributed by atoms with Crippen LogP contribution in [0.25, 0.3) is 16.9 Å². The molecule has 4 rings (SSSR count). The quantitative estimate of drug-likeness (QED) is 0.654. The third-order valence-electron chi connectivity index (χ3n) is 5.06. The van der Waals surface area contributed by atoms with E-state index >= 15 is 0 Å². The number of imidazole rings is 1. The number of hydrogen-bond donors (Lipinski definition) is 2. The second-order valence-electron chi connectivity index (χ2n) is 7.26. The maximum Gasteiger partial charge on any atom is 0.152 e. The SMILES string of the molecule is Cc1ccn2c(CC3CNCCO3)c(-c3cnc(N=CC=CN)cc3C)nc2c1. The molecule has 0 saturated carbocycles. The fraction of sp³-hybridized carbons (Fsp3) is 0.318. The summed E-state index contributed by atoms with van der Waals surface area (Å²) in [4.78, 5) is 13.8. The molecule has 0 aromatic carbocycles.